The fourth-order valence-corrected chi connectivity index (χ4v) is 2.62. The average Bonchev–Trinajstić information content (AvgIpc) is 2.94. The van der Waals surface area contributed by atoms with Gasteiger partial charge in [-0.3, -0.25) is 24.8 Å². The van der Waals surface area contributed by atoms with Crippen LogP contribution in [-0.4, -0.2) is 35.4 Å². The van der Waals surface area contributed by atoms with Gasteiger partial charge >= 0.3 is 0 Å². The van der Waals surface area contributed by atoms with Gasteiger partial charge in [-0.05, 0) is 31.2 Å². The molecule has 8 nitrogen and oxygen atoms in total. The molecule has 1 aliphatic heterocycles. The number of aromatic nitrogens is 1. The summed E-state index contributed by atoms with van der Waals surface area (Å²) in [7, 11) is 0. The lowest BCUT2D eigenvalue weighted by atomic mass is 10.2. The summed E-state index contributed by atoms with van der Waals surface area (Å²) in [5.41, 5.74) is 5.93. The van der Waals surface area contributed by atoms with E-state index in [2.05, 4.69) is 15.8 Å². The maximum Gasteiger partial charge on any atom is 0.265 e. The van der Waals surface area contributed by atoms with E-state index in [1.165, 1.54) is 12.4 Å². The standard InChI is InChI=1S/C18H18N4O4/c1-2-26-14-5-3-4-13(10-14)22-16(23)11-15(18(22)25)20-21-17(24)12-6-8-19-9-7-12/h3-10,15,20H,2,11H2,1H3,(H,21,24)/t15-/m0/s1. The monoisotopic (exact) mass is 354 g/mol. The number of benzene rings is 1. The molecule has 3 amide bonds. The first-order chi connectivity index (χ1) is 12.6. The van der Waals surface area contributed by atoms with Crippen molar-refractivity contribution in [2.24, 2.45) is 0 Å². The highest BCUT2D eigenvalue weighted by atomic mass is 16.5. The van der Waals surface area contributed by atoms with Gasteiger partial charge in [-0.15, -0.1) is 0 Å². The van der Waals surface area contributed by atoms with Crippen LogP contribution in [0.4, 0.5) is 5.69 Å². The Kier molecular flexibility index (Phi) is 5.23. The van der Waals surface area contributed by atoms with Crippen LogP contribution in [-0.2, 0) is 9.59 Å². The van der Waals surface area contributed by atoms with E-state index < -0.39 is 17.9 Å². The third kappa shape index (κ3) is 3.70. The molecule has 1 aliphatic rings. The fraction of sp³-hybridized carbons (Fsp3) is 0.222. The lowest BCUT2D eigenvalue weighted by molar-refractivity contribution is -0.121. The third-order valence-electron chi connectivity index (χ3n) is 3.84. The van der Waals surface area contributed by atoms with E-state index >= 15 is 0 Å². The smallest absolute Gasteiger partial charge is 0.265 e. The molecule has 134 valence electrons. The Balaban J connectivity index is 1.67. The van der Waals surface area contributed by atoms with Gasteiger partial charge < -0.3 is 4.74 Å². The summed E-state index contributed by atoms with van der Waals surface area (Å²) in [6, 6.07) is 9.03. The summed E-state index contributed by atoms with van der Waals surface area (Å²) < 4.78 is 5.40. The van der Waals surface area contributed by atoms with E-state index in [1.54, 1.807) is 36.4 Å². The van der Waals surface area contributed by atoms with Gasteiger partial charge in [-0.25, -0.2) is 10.3 Å². The van der Waals surface area contributed by atoms with Crippen molar-refractivity contribution in [1.82, 2.24) is 15.8 Å². The molecule has 1 atom stereocenters. The second kappa shape index (κ2) is 7.75. The predicted molar refractivity (Wildman–Crippen MR) is 93.3 cm³/mol. The van der Waals surface area contributed by atoms with Crippen molar-refractivity contribution >= 4 is 23.4 Å². The number of ether oxygens (including phenoxy) is 1. The van der Waals surface area contributed by atoms with Crippen LogP contribution in [0.25, 0.3) is 0 Å². The SMILES string of the molecule is CCOc1cccc(N2C(=O)C[C@H](NNC(=O)c3ccncc3)C2=O)c1. The number of hydrazine groups is 1. The number of pyridine rings is 1. The number of carbonyl (C=O) groups is 3. The highest BCUT2D eigenvalue weighted by Crippen LogP contribution is 2.26. The second-order valence-corrected chi connectivity index (χ2v) is 5.59. The van der Waals surface area contributed by atoms with Crippen LogP contribution in [0, 0.1) is 0 Å². The van der Waals surface area contributed by atoms with E-state index in [0.717, 1.165) is 4.90 Å². The molecule has 2 N–H and O–H groups in total. The minimum Gasteiger partial charge on any atom is -0.494 e. The van der Waals surface area contributed by atoms with Gasteiger partial charge in [0.1, 0.15) is 11.8 Å². The lowest BCUT2D eigenvalue weighted by Gasteiger charge is -2.16. The van der Waals surface area contributed by atoms with Gasteiger partial charge in [-0.2, -0.15) is 0 Å². The molecule has 1 aromatic carbocycles. The van der Waals surface area contributed by atoms with E-state index in [4.69, 9.17) is 4.74 Å². The van der Waals surface area contributed by atoms with Crippen LogP contribution < -0.4 is 20.5 Å². The molecule has 0 aliphatic carbocycles. The summed E-state index contributed by atoms with van der Waals surface area (Å²) in [5.74, 6) is -0.615. The quantitative estimate of drug-likeness (QED) is 0.594. The number of anilines is 1. The summed E-state index contributed by atoms with van der Waals surface area (Å²) in [4.78, 5) is 41.8. The van der Waals surface area contributed by atoms with Crippen molar-refractivity contribution in [3.63, 3.8) is 0 Å². The van der Waals surface area contributed by atoms with E-state index in [9.17, 15) is 14.4 Å². The van der Waals surface area contributed by atoms with Crippen LogP contribution in [0.3, 0.4) is 0 Å². The molecule has 2 heterocycles. The van der Waals surface area contributed by atoms with Crippen LogP contribution in [0.15, 0.2) is 48.8 Å². The summed E-state index contributed by atoms with van der Waals surface area (Å²) in [6.07, 6.45) is 2.94. The second-order valence-electron chi connectivity index (χ2n) is 5.59. The number of amides is 3. The Morgan fingerprint density at radius 3 is 2.77 bits per heavy atom. The highest BCUT2D eigenvalue weighted by Gasteiger charge is 2.39. The molecular weight excluding hydrogens is 336 g/mol. The number of nitrogens with one attached hydrogen (secondary N) is 2. The van der Waals surface area contributed by atoms with Crippen molar-refractivity contribution in [1.29, 1.82) is 0 Å². The first-order valence-electron chi connectivity index (χ1n) is 8.15. The van der Waals surface area contributed by atoms with Crippen molar-refractivity contribution in [3.8, 4) is 5.75 Å². The van der Waals surface area contributed by atoms with Crippen LogP contribution in [0.1, 0.15) is 23.7 Å². The largest absolute Gasteiger partial charge is 0.494 e. The minimum absolute atomic E-state index is 0.0473. The first kappa shape index (κ1) is 17.6. The van der Waals surface area contributed by atoms with Crippen molar-refractivity contribution in [2.75, 3.05) is 11.5 Å². The molecule has 0 bridgehead atoms. The lowest BCUT2D eigenvalue weighted by Crippen LogP contribution is -2.48. The van der Waals surface area contributed by atoms with E-state index in [-0.39, 0.29) is 12.3 Å². The summed E-state index contributed by atoms with van der Waals surface area (Å²) in [6.45, 7) is 2.33. The highest BCUT2D eigenvalue weighted by molar-refractivity contribution is 6.22. The maximum absolute atomic E-state index is 12.6. The van der Waals surface area contributed by atoms with Gasteiger partial charge in [0.2, 0.25) is 5.91 Å². The van der Waals surface area contributed by atoms with Gasteiger partial charge in [0.05, 0.1) is 18.7 Å². The fourth-order valence-electron chi connectivity index (χ4n) is 2.62. The van der Waals surface area contributed by atoms with Crippen LogP contribution in [0.5, 0.6) is 5.75 Å². The Bertz CT molecular complexity index is 825. The normalized spacial score (nSPS) is 16.7. The number of carbonyl (C=O) groups excluding carboxylic acids is 3. The number of hydrogen-bond donors (Lipinski definition) is 2. The molecule has 0 saturated carbocycles. The average molecular weight is 354 g/mol. The van der Waals surface area contributed by atoms with Crippen molar-refractivity contribution < 1.29 is 19.1 Å². The van der Waals surface area contributed by atoms with Gasteiger partial charge in [-0.1, -0.05) is 6.07 Å². The molecule has 1 aromatic heterocycles. The number of imide groups is 1. The molecule has 8 heteroatoms. The van der Waals surface area contributed by atoms with Gasteiger partial charge in [0.25, 0.3) is 11.8 Å². The zero-order valence-corrected chi connectivity index (χ0v) is 14.1. The van der Waals surface area contributed by atoms with E-state index in [1.807, 2.05) is 6.92 Å². The molecule has 1 fully saturated rings. The number of hydrogen-bond acceptors (Lipinski definition) is 6. The predicted octanol–water partition coefficient (Wildman–Crippen LogP) is 1.05. The molecule has 0 spiro atoms. The molecular formula is C18H18N4O4. The zero-order valence-electron chi connectivity index (χ0n) is 14.1. The Morgan fingerprint density at radius 2 is 2.04 bits per heavy atom. The van der Waals surface area contributed by atoms with Crippen molar-refractivity contribution in [3.05, 3.63) is 54.4 Å². The maximum atomic E-state index is 12.6. The summed E-state index contributed by atoms with van der Waals surface area (Å²) >= 11 is 0. The summed E-state index contributed by atoms with van der Waals surface area (Å²) in [5, 5.41) is 0. The molecule has 26 heavy (non-hydrogen) atoms. The molecule has 3 rings (SSSR count). The Hall–Kier alpha value is -3.26. The zero-order chi connectivity index (χ0) is 18.5. The van der Waals surface area contributed by atoms with Crippen LogP contribution in [0.2, 0.25) is 0 Å². The first-order valence-corrected chi connectivity index (χ1v) is 8.15. The Labute approximate surface area is 150 Å². The van der Waals surface area contributed by atoms with Gasteiger partial charge in [0.15, 0.2) is 0 Å². The Morgan fingerprint density at radius 1 is 1.27 bits per heavy atom. The topological polar surface area (TPSA) is 101 Å². The third-order valence-corrected chi connectivity index (χ3v) is 3.84. The van der Waals surface area contributed by atoms with Gasteiger partial charge in [0, 0.05) is 24.0 Å². The van der Waals surface area contributed by atoms with Crippen molar-refractivity contribution in [2.45, 2.75) is 19.4 Å². The minimum atomic E-state index is -0.830. The molecule has 2 aromatic rings. The molecule has 0 radical (unpaired) electrons. The molecule has 0 unspecified atom stereocenters. The van der Waals surface area contributed by atoms with Crippen LogP contribution >= 0.6 is 0 Å². The number of nitrogens with zero attached hydrogens (tertiary/aromatic N) is 2. The number of rotatable bonds is 6. The van der Waals surface area contributed by atoms with E-state index in [0.29, 0.717) is 23.6 Å². The molecule has 1 saturated heterocycles.